The first-order valence-corrected chi connectivity index (χ1v) is 8.53. The van der Waals surface area contributed by atoms with Crippen LogP contribution in [0.1, 0.15) is 5.56 Å². The lowest BCUT2D eigenvalue weighted by molar-refractivity contribution is -0.0156. The summed E-state index contributed by atoms with van der Waals surface area (Å²) in [7, 11) is 0.381. The minimum absolute atomic E-state index is 0.0953. The number of likely N-dealkylation sites (N-methyl/N-ethyl adjacent to an activating group) is 1. The Kier molecular flexibility index (Phi) is 5.72. The molecule has 0 radical (unpaired) electrons. The molecule has 1 saturated heterocycles. The molecule has 118 valence electrons. The Bertz CT molecular complexity index is 545. The molecule has 1 aromatic rings. The number of morpholine rings is 1. The fourth-order valence-corrected chi connectivity index (χ4v) is 3.33. The molecular formula is C14H23N3O3S. The van der Waals surface area contributed by atoms with Crippen molar-refractivity contribution in [3.63, 3.8) is 0 Å². The summed E-state index contributed by atoms with van der Waals surface area (Å²) in [6.07, 6.45) is -0.0953. The maximum absolute atomic E-state index is 12.2. The summed E-state index contributed by atoms with van der Waals surface area (Å²) >= 11 is 0. The van der Waals surface area contributed by atoms with Crippen molar-refractivity contribution in [2.75, 3.05) is 40.3 Å². The minimum atomic E-state index is -3.48. The van der Waals surface area contributed by atoms with Gasteiger partial charge in [0.2, 0.25) is 10.0 Å². The number of hydrogen-bond donors (Lipinski definition) is 2. The summed E-state index contributed by atoms with van der Waals surface area (Å²) in [5.74, 6) is 0. The maximum atomic E-state index is 12.2. The summed E-state index contributed by atoms with van der Waals surface area (Å²) < 4.78 is 32.6. The van der Waals surface area contributed by atoms with E-state index in [-0.39, 0.29) is 11.0 Å². The Balaban J connectivity index is 1.94. The predicted molar refractivity (Wildman–Crippen MR) is 81.6 cm³/mol. The second-order valence-electron chi connectivity index (χ2n) is 5.28. The molecule has 0 bridgehead atoms. The summed E-state index contributed by atoms with van der Waals surface area (Å²) in [4.78, 5) is 2.42. The molecule has 21 heavy (non-hydrogen) atoms. The van der Waals surface area contributed by atoms with Crippen molar-refractivity contribution >= 4 is 10.0 Å². The average molecular weight is 313 g/mol. The van der Waals surface area contributed by atoms with Crippen LogP contribution in [0.25, 0.3) is 0 Å². The third-order valence-corrected chi connectivity index (χ3v) is 4.90. The molecule has 1 heterocycles. The predicted octanol–water partition coefficient (Wildman–Crippen LogP) is 0.0149. The fourth-order valence-electron chi connectivity index (χ4n) is 2.27. The summed E-state index contributed by atoms with van der Waals surface area (Å²) in [6, 6.07) is 6.89. The van der Waals surface area contributed by atoms with Gasteiger partial charge in [0.1, 0.15) is 0 Å². The topological polar surface area (TPSA) is 70.7 Å². The van der Waals surface area contributed by atoms with E-state index in [9.17, 15) is 8.42 Å². The third-order valence-electron chi connectivity index (χ3n) is 3.46. The molecule has 1 aliphatic rings. The van der Waals surface area contributed by atoms with Gasteiger partial charge in [-0.1, -0.05) is 12.1 Å². The third kappa shape index (κ3) is 4.76. The van der Waals surface area contributed by atoms with E-state index >= 15 is 0 Å². The van der Waals surface area contributed by atoms with Crippen molar-refractivity contribution in [2.45, 2.75) is 17.5 Å². The van der Waals surface area contributed by atoms with E-state index < -0.39 is 10.0 Å². The molecule has 1 atom stereocenters. The lowest BCUT2D eigenvalue weighted by Gasteiger charge is -2.30. The number of benzene rings is 1. The smallest absolute Gasteiger partial charge is 0.240 e. The SMILES string of the molecule is CNCc1ccc(S(=O)(=O)NCC2CN(C)CCO2)cc1. The van der Waals surface area contributed by atoms with Crippen LogP contribution in [0, 0.1) is 0 Å². The van der Waals surface area contributed by atoms with Crippen molar-refractivity contribution < 1.29 is 13.2 Å². The molecule has 1 aromatic carbocycles. The van der Waals surface area contributed by atoms with Crippen LogP contribution in [0.4, 0.5) is 0 Å². The highest BCUT2D eigenvalue weighted by atomic mass is 32.2. The molecule has 1 fully saturated rings. The maximum Gasteiger partial charge on any atom is 0.240 e. The molecule has 0 aromatic heterocycles. The van der Waals surface area contributed by atoms with Gasteiger partial charge in [-0.25, -0.2) is 13.1 Å². The number of sulfonamides is 1. The summed E-state index contributed by atoms with van der Waals surface area (Å²) in [6.45, 7) is 3.28. The number of hydrogen-bond acceptors (Lipinski definition) is 5. The monoisotopic (exact) mass is 313 g/mol. The zero-order valence-electron chi connectivity index (χ0n) is 12.5. The van der Waals surface area contributed by atoms with Gasteiger partial charge >= 0.3 is 0 Å². The van der Waals surface area contributed by atoms with Crippen LogP contribution in [0.3, 0.4) is 0 Å². The molecule has 0 spiro atoms. The fraction of sp³-hybridized carbons (Fsp3) is 0.571. The van der Waals surface area contributed by atoms with Gasteiger partial charge in [-0.15, -0.1) is 0 Å². The Morgan fingerprint density at radius 2 is 2.05 bits per heavy atom. The number of nitrogens with zero attached hydrogens (tertiary/aromatic N) is 1. The molecular weight excluding hydrogens is 290 g/mol. The van der Waals surface area contributed by atoms with E-state index in [1.54, 1.807) is 12.1 Å². The Labute approximate surface area is 126 Å². The highest BCUT2D eigenvalue weighted by molar-refractivity contribution is 7.89. The first-order valence-electron chi connectivity index (χ1n) is 7.04. The minimum Gasteiger partial charge on any atom is -0.374 e. The zero-order chi connectivity index (χ0) is 15.3. The van der Waals surface area contributed by atoms with E-state index in [1.807, 2.05) is 26.2 Å². The standard InChI is InChI=1S/C14H23N3O3S/c1-15-9-12-3-5-14(6-4-12)21(18,19)16-10-13-11-17(2)7-8-20-13/h3-6,13,15-16H,7-11H2,1-2H3. The Morgan fingerprint density at radius 1 is 1.33 bits per heavy atom. The van der Waals surface area contributed by atoms with E-state index in [0.29, 0.717) is 13.2 Å². The molecule has 0 saturated carbocycles. The Morgan fingerprint density at radius 3 is 2.67 bits per heavy atom. The van der Waals surface area contributed by atoms with Crippen LogP contribution in [-0.4, -0.2) is 59.8 Å². The van der Waals surface area contributed by atoms with Crippen LogP contribution in [0.15, 0.2) is 29.2 Å². The van der Waals surface area contributed by atoms with E-state index in [4.69, 9.17) is 4.74 Å². The van der Waals surface area contributed by atoms with Crippen LogP contribution < -0.4 is 10.0 Å². The first-order chi connectivity index (χ1) is 10.0. The number of rotatable bonds is 6. The summed E-state index contributed by atoms with van der Waals surface area (Å²) in [5, 5.41) is 3.03. The van der Waals surface area contributed by atoms with Crippen LogP contribution in [-0.2, 0) is 21.3 Å². The highest BCUT2D eigenvalue weighted by Crippen LogP contribution is 2.11. The molecule has 6 nitrogen and oxygen atoms in total. The van der Waals surface area contributed by atoms with Gasteiger partial charge in [0.25, 0.3) is 0 Å². The van der Waals surface area contributed by atoms with Crippen molar-refractivity contribution in [3.05, 3.63) is 29.8 Å². The van der Waals surface area contributed by atoms with Crippen molar-refractivity contribution in [1.82, 2.24) is 14.9 Å². The zero-order valence-corrected chi connectivity index (χ0v) is 13.3. The molecule has 1 unspecified atom stereocenters. The highest BCUT2D eigenvalue weighted by Gasteiger charge is 2.21. The van der Waals surface area contributed by atoms with Crippen molar-refractivity contribution in [2.24, 2.45) is 0 Å². The van der Waals surface area contributed by atoms with Crippen molar-refractivity contribution in [1.29, 1.82) is 0 Å². The lowest BCUT2D eigenvalue weighted by atomic mass is 10.2. The van der Waals surface area contributed by atoms with Crippen molar-refractivity contribution in [3.8, 4) is 0 Å². The normalized spacial score (nSPS) is 20.6. The molecule has 0 amide bonds. The quantitative estimate of drug-likeness (QED) is 0.774. The Hall–Kier alpha value is -0.990. The molecule has 2 N–H and O–H groups in total. The first kappa shape index (κ1) is 16.4. The van der Waals surface area contributed by atoms with E-state index in [1.165, 1.54) is 0 Å². The van der Waals surface area contributed by atoms with Gasteiger partial charge in [0.05, 0.1) is 17.6 Å². The van der Waals surface area contributed by atoms with E-state index in [2.05, 4.69) is 14.9 Å². The molecule has 0 aliphatic carbocycles. The largest absolute Gasteiger partial charge is 0.374 e. The summed E-state index contributed by atoms with van der Waals surface area (Å²) in [5.41, 5.74) is 1.05. The van der Waals surface area contributed by atoms with Gasteiger partial charge < -0.3 is 15.0 Å². The molecule has 7 heteroatoms. The van der Waals surface area contributed by atoms with Crippen LogP contribution >= 0.6 is 0 Å². The van der Waals surface area contributed by atoms with Crippen LogP contribution in [0.2, 0.25) is 0 Å². The van der Waals surface area contributed by atoms with Gasteiger partial charge in [-0.2, -0.15) is 0 Å². The van der Waals surface area contributed by atoms with Gasteiger partial charge in [-0.05, 0) is 31.8 Å². The van der Waals surface area contributed by atoms with Crippen LogP contribution in [0.5, 0.6) is 0 Å². The molecule has 2 rings (SSSR count). The van der Waals surface area contributed by atoms with Gasteiger partial charge in [-0.3, -0.25) is 0 Å². The second kappa shape index (κ2) is 7.33. The second-order valence-corrected chi connectivity index (χ2v) is 7.05. The number of nitrogens with one attached hydrogen (secondary N) is 2. The van der Waals surface area contributed by atoms with E-state index in [0.717, 1.165) is 25.2 Å². The molecule has 1 aliphatic heterocycles. The lowest BCUT2D eigenvalue weighted by Crippen LogP contribution is -2.45. The average Bonchev–Trinajstić information content (AvgIpc) is 2.46. The van der Waals surface area contributed by atoms with Gasteiger partial charge in [0.15, 0.2) is 0 Å². The van der Waals surface area contributed by atoms with Gasteiger partial charge in [0, 0.05) is 26.2 Å². The number of ether oxygens (including phenoxy) is 1.